The van der Waals surface area contributed by atoms with Crippen LogP contribution in [0.4, 0.5) is 11.4 Å². The van der Waals surface area contributed by atoms with Crippen molar-refractivity contribution in [3.05, 3.63) is 66.9 Å². The van der Waals surface area contributed by atoms with Crippen LogP contribution in [0.1, 0.15) is 12.8 Å². The largest absolute Gasteiger partial charge is 0.512 e. The van der Waals surface area contributed by atoms with E-state index in [1.54, 1.807) is 48.5 Å². The molecule has 0 atom stereocenters. The van der Waals surface area contributed by atoms with Crippen LogP contribution in [-0.2, 0) is 10.0 Å². The molecule has 6 nitrogen and oxygen atoms in total. The van der Waals surface area contributed by atoms with Crippen molar-refractivity contribution in [2.24, 2.45) is 0 Å². The molecule has 0 bridgehead atoms. The summed E-state index contributed by atoms with van der Waals surface area (Å²) >= 11 is 1.18. The number of thioether (sulfide) groups is 1. The first-order valence-electron chi connectivity index (χ1n) is 9.97. The second-order valence-electron chi connectivity index (χ2n) is 7.47. The molecular weight excluding hydrogens is 432 g/mol. The minimum absolute atomic E-state index is 0.0292. The Morgan fingerprint density at radius 1 is 1.06 bits per heavy atom. The molecule has 1 fully saturated rings. The molecule has 0 unspecified atom stereocenters. The number of phenols is 1. The number of nitrogens with zero attached hydrogens (tertiary/aromatic N) is 1. The fourth-order valence-corrected chi connectivity index (χ4v) is 5.60. The van der Waals surface area contributed by atoms with Crippen LogP contribution in [0.5, 0.6) is 5.75 Å². The third-order valence-corrected chi connectivity index (χ3v) is 7.68. The predicted octanol–water partition coefficient (Wildman–Crippen LogP) is 5.11. The van der Waals surface area contributed by atoms with Crippen molar-refractivity contribution in [2.45, 2.75) is 22.6 Å². The summed E-state index contributed by atoms with van der Waals surface area (Å²) in [6, 6.07) is 15.6. The Bertz CT molecular complexity index is 1240. The molecule has 4 rings (SSSR count). The van der Waals surface area contributed by atoms with Crippen LogP contribution in [0, 0.1) is 0 Å². The second kappa shape index (κ2) is 8.72. The maximum atomic E-state index is 13.2. The Kier molecular flexibility index (Phi) is 6.02. The van der Waals surface area contributed by atoms with E-state index >= 15 is 0 Å². The van der Waals surface area contributed by atoms with Gasteiger partial charge < -0.3 is 15.1 Å². The topological polar surface area (TPSA) is 89.9 Å². The van der Waals surface area contributed by atoms with Crippen LogP contribution in [0.25, 0.3) is 10.8 Å². The van der Waals surface area contributed by atoms with Gasteiger partial charge in [0, 0.05) is 29.5 Å². The average Bonchev–Trinajstić information content (AvgIpc) is 3.30. The molecule has 1 heterocycles. The van der Waals surface area contributed by atoms with Crippen LogP contribution in [0.3, 0.4) is 0 Å². The van der Waals surface area contributed by atoms with Gasteiger partial charge >= 0.3 is 0 Å². The highest BCUT2D eigenvalue weighted by atomic mass is 32.2. The van der Waals surface area contributed by atoms with E-state index in [9.17, 15) is 18.6 Å². The van der Waals surface area contributed by atoms with Crippen molar-refractivity contribution in [3.8, 4) is 5.75 Å². The highest BCUT2D eigenvalue weighted by Crippen LogP contribution is 2.40. The van der Waals surface area contributed by atoms with Gasteiger partial charge in [0.2, 0.25) is 0 Å². The van der Waals surface area contributed by atoms with Crippen LogP contribution in [0.15, 0.2) is 76.7 Å². The number of anilines is 2. The highest BCUT2D eigenvalue weighted by Gasteiger charge is 2.20. The first-order chi connectivity index (χ1) is 14.8. The monoisotopic (exact) mass is 456 g/mol. The molecule has 0 amide bonds. The molecule has 0 aromatic heterocycles. The Morgan fingerprint density at radius 3 is 2.48 bits per heavy atom. The number of aliphatic hydroxyl groups excluding tert-OH is 1. The minimum atomic E-state index is -3.85. The van der Waals surface area contributed by atoms with Crippen molar-refractivity contribution < 1.29 is 18.6 Å². The van der Waals surface area contributed by atoms with Crippen molar-refractivity contribution in [3.63, 3.8) is 0 Å². The normalized spacial score (nSPS) is 14.1. The predicted molar refractivity (Wildman–Crippen MR) is 127 cm³/mol. The van der Waals surface area contributed by atoms with Gasteiger partial charge in [-0.1, -0.05) is 36.9 Å². The molecule has 0 radical (unpaired) electrons. The van der Waals surface area contributed by atoms with E-state index < -0.39 is 10.0 Å². The van der Waals surface area contributed by atoms with Gasteiger partial charge in [0.05, 0.1) is 27.0 Å². The third kappa shape index (κ3) is 4.60. The number of phenolic OH excluding ortho intramolecular Hbond substituents is 1. The van der Waals surface area contributed by atoms with E-state index in [0.717, 1.165) is 31.6 Å². The number of aromatic hydroxyl groups is 1. The lowest BCUT2D eigenvalue weighted by Crippen LogP contribution is -2.19. The third-order valence-electron chi connectivity index (χ3n) is 5.22. The Morgan fingerprint density at radius 2 is 1.77 bits per heavy atom. The van der Waals surface area contributed by atoms with Gasteiger partial charge in [-0.15, -0.1) is 11.8 Å². The Labute approximate surface area is 186 Å². The molecule has 1 saturated heterocycles. The number of fused-ring (bicyclic) bond motifs is 1. The smallest absolute Gasteiger partial charge is 0.261 e. The van der Waals surface area contributed by atoms with E-state index in [1.165, 1.54) is 11.8 Å². The molecule has 0 spiro atoms. The fraction of sp³-hybridized carbons (Fsp3) is 0.217. The van der Waals surface area contributed by atoms with Crippen molar-refractivity contribution in [2.75, 3.05) is 28.5 Å². The van der Waals surface area contributed by atoms with E-state index in [1.807, 2.05) is 6.07 Å². The summed E-state index contributed by atoms with van der Waals surface area (Å²) in [5.74, 6) is 0.204. The first kappa shape index (κ1) is 21.4. The van der Waals surface area contributed by atoms with Crippen LogP contribution >= 0.6 is 11.8 Å². The molecule has 3 N–H and O–H groups in total. The summed E-state index contributed by atoms with van der Waals surface area (Å²) in [5, 5.41) is 21.2. The average molecular weight is 457 g/mol. The number of nitrogens with one attached hydrogen (secondary N) is 1. The van der Waals surface area contributed by atoms with E-state index in [0.29, 0.717) is 21.4 Å². The Balaban J connectivity index is 1.72. The molecule has 0 aliphatic carbocycles. The summed E-state index contributed by atoms with van der Waals surface area (Å²) in [6.45, 7) is 5.32. The molecule has 3 aromatic carbocycles. The summed E-state index contributed by atoms with van der Waals surface area (Å²) in [7, 11) is -3.85. The van der Waals surface area contributed by atoms with Crippen molar-refractivity contribution in [1.29, 1.82) is 0 Å². The maximum Gasteiger partial charge on any atom is 0.261 e. The maximum absolute atomic E-state index is 13.2. The lowest BCUT2D eigenvalue weighted by atomic mass is 10.1. The zero-order valence-electron chi connectivity index (χ0n) is 16.9. The highest BCUT2D eigenvalue weighted by molar-refractivity contribution is 7.99. The SMILES string of the molecule is C=C(O)CSc1cc(NS(=O)(=O)c2cccc(N3CCCC3)c2)c2ccccc2c1O. The lowest BCUT2D eigenvalue weighted by Gasteiger charge is -2.19. The summed E-state index contributed by atoms with van der Waals surface area (Å²) in [4.78, 5) is 2.83. The zero-order chi connectivity index (χ0) is 22.0. The lowest BCUT2D eigenvalue weighted by molar-refractivity contribution is 0.420. The quantitative estimate of drug-likeness (QED) is 0.260. The van der Waals surface area contributed by atoms with Gasteiger partial charge in [0.1, 0.15) is 5.75 Å². The van der Waals surface area contributed by atoms with E-state index in [-0.39, 0.29) is 22.2 Å². The number of sulfonamides is 1. The van der Waals surface area contributed by atoms with Crippen LogP contribution < -0.4 is 9.62 Å². The molecule has 3 aromatic rings. The number of rotatable bonds is 7. The van der Waals surface area contributed by atoms with Crippen molar-refractivity contribution in [1.82, 2.24) is 0 Å². The van der Waals surface area contributed by atoms with Gasteiger partial charge in [-0.2, -0.15) is 0 Å². The van der Waals surface area contributed by atoms with Crippen LogP contribution in [0.2, 0.25) is 0 Å². The first-order valence-corrected chi connectivity index (χ1v) is 12.4. The fourth-order valence-electron chi connectivity index (χ4n) is 3.72. The summed E-state index contributed by atoms with van der Waals surface area (Å²) in [5.41, 5.74) is 1.26. The van der Waals surface area contributed by atoms with E-state index in [2.05, 4.69) is 16.2 Å². The molecule has 31 heavy (non-hydrogen) atoms. The van der Waals surface area contributed by atoms with Gasteiger partial charge in [0.25, 0.3) is 10.0 Å². The van der Waals surface area contributed by atoms with Gasteiger partial charge in [-0.3, -0.25) is 4.72 Å². The zero-order valence-corrected chi connectivity index (χ0v) is 18.5. The second-order valence-corrected chi connectivity index (χ2v) is 10.2. The number of aliphatic hydroxyl groups is 1. The number of hydrogen-bond acceptors (Lipinski definition) is 6. The summed E-state index contributed by atoms with van der Waals surface area (Å²) in [6.07, 6.45) is 2.21. The van der Waals surface area contributed by atoms with Gasteiger partial charge in [-0.25, -0.2) is 8.42 Å². The van der Waals surface area contributed by atoms with Gasteiger partial charge in [-0.05, 0) is 37.1 Å². The van der Waals surface area contributed by atoms with E-state index in [4.69, 9.17) is 0 Å². The number of hydrogen-bond donors (Lipinski definition) is 3. The van der Waals surface area contributed by atoms with Crippen LogP contribution in [-0.4, -0.2) is 37.5 Å². The molecule has 162 valence electrons. The molecule has 1 aliphatic heterocycles. The molecule has 8 heteroatoms. The number of benzene rings is 3. The van der Waals surface area contributed by atoms with Crippen molar-refractivity contribution >= 4 is 43.9 Å². The molecule has 0 saturated carbocycles. The summed E-state index contributed by atoms with van der Waals surface area (Å²) < 4.78 is 29.1. The molecule has 1 aliphatic rings. The Hall–Kier alpha value is -2.84. The standard InChI is InChI=1S/C23H24N2O4S2/c1-16(26)15-30-22-14-21(19-9-2-3-10-20(19)23(22)27)24-31(28,29)18-8-6-7-17(13-18)25-11-4-5-12-25/h2-3,6-10,13-14,24,26-27H,1,4-5,11-12,15H2. The van der Waals surface area contributed by atoms with Gasteiger partial charge in [0.15, 0.2) is 0 Å². The minimum Gasteiger partial charge on any atom is -0.512 e. The molecular formula is C23H24N2O4S2.